The van der Waals surface area contributed by atoms with Crippen LogP contribution in [0.5, 0.6) is 0 Å². The van der Waals surface area contributed by atoms with Crippen LogP contribution >= 0.6 is 46.4 Å². The van der Waals surface area contributed by atoms with Gasteiger partial charge in [-0.3, -0.25) is 4.79 Å². The number of alkyl halides is 2. The molecule has 0 N–H and O–H groups in total. The molecule has 0 aliphatic heterocycles. The van der Waals surface area contributed by atoms with Crippen molar-refractivity contribution in [3.05, 3.63) is 33.8 Å². The van der Waals surface area contributed by atoms with E-state index in [-0.39, 0.29) is 17.6 Å². The second kappa shape index (κ2) is 4.06. The van der Waals surface area contributed by atoms with Crippen molar-refractivity contribution in [2.75, 3.05) is 0 Å². The third-order valence-electron chi connectivity index (χ3n) is 2.74. The summed E-state index contributed by atoms with van der Waals surface area (Å²) < 4.78 is -1.03. The Morgan fingerprint density at radius 1 is 1.19 bits per heavy atom. The van der Waals surface area contributed by atoms with Crippen molar-refractivity contribution < 1.29 is 4.79 Å². The van der Waals surface area contributed by atoms with Gasteiger partial charge in [0.25, 0.3) is 0 Å². The number of rotatable bonds is 2. The molecule has 2 atom stereocenters. The molecule has 1 nitrogen and oxygen atoms in total. The van der Waals surface area contributed by atoms with E-state index in [4.69, 9.17) is 46.4 Å². The molecule has 1 aromatic rings. The van der Waals surface area contributed by atoms with Crippen molar-refractivity contribution in [3.8, 4) is 0 Å². The maximum absolute atomic E-state index is 11.3. The Labute approximate surface area is 114 Å². The average Bonchev–Trinajstić information content (AvgIpc) is 2.67. The Morgan fingerprint density at radius 2 is 1.69 bits per heavy atom. The summed E-state index contributed by atoms with van der Waals surface area (Å²) in [7, 11) is 0. The van der Waals surface area contributed by atoms with E-state index in [1.165, 1.54) is 6.92 Å². The lowest BCUT2D eigenvalue weighted by Gasteiger charge is -2.02. The van der Waals surface area contributed by atoms with Gasteiger partial charge in [0, 0.05) is 16.0 Å². The summed E-state index contributed by atoms with van der Waals surface area (Å²) in [5, 5.41) is 1.03. The highest BCUT2D eigenvalue weighted by molar-refractivity contribution is 6.53. The van der Waals surface area contributed by atoms with Crippen LogP contribution in [-0.2, 0) is 4.79 Å². The fourth-order valence-corrected chi connectivity index (χ4v) is 3.48. The molecule has 1 fully saturated rings. The lowest BCUT2D eigenvalue weighted by molar-refractivity contribution is -0.118. The van der Waals surface area contributed by atoms with Crippen molar-refractivity contribution in [2.24, 2.45) is 5.92 Å². The molecule has 0 spiro atoms. The van der Waals surface area contributed by atoms with Crippen molar-refractivity contribution in [2.45, 2.75) is 17.2 Å². The van der Waals surface area contributed by atoms with Gasteiger partial charge in [-0.2, -0.15) is 0 Å². The molecule has 5 heteroatoms. The molecule has 0 radical (unpaired) electrons. The van der Waals surface area contributed by atoms with E-state index in [1.54, 1.807) is 18.2 Å². The van der Waals surface area contributed by atoms with Crippen molar-refractivity contribution in [1.29, 1.82) is 0 Å². The topological polar surface area (TPSA) is 17.1 Å². The molecule has 0 amide bonds. The zero-order chi connectivity index (χ0) is 12.1. The first kappa shape index (κ1) is 12.5. The van der Waals surface area contributed by atoms with Gasteiger partial charge >= 0.3 is 0 Å². The van der Waals surface area contributed by atoms with Gasteiger partial charge in [-0.25, -0.2) is 0 Å². The minimum Gasteiger partial charge on any atom is -0.300 e. The predicted octanol–water partition coefficient (Wildman–Crippen LogP) is 4.47. The van der Waals surface area contributed by atoms with Crippen LogP contribution in [-0.4, -0.2) is 10.1 Å². The van der Waals surface area contributed by atoms with Gasteiger partial charge in [0.2, 0.25) is 0 Å². The lowest BCUT2D eigenvalue weighted by Crippen LogP contribution is -1.99. The fourth-order valence-electron chi connectivity index (χ4n) is 2.00. The van der Waals surface area contributed by atoms with E-state index < -0.39 is 4.33 Å². The number of ketones is 1. The molecule has 0 bridgehead atoms. The molecule has 16 heavy (non-hydrogen) atoms. The molecular weight excluding hydrogens is 290 g/mol. The molecule has 2 rings (SSSR count). The molecule has 0 saturated heterocycles. The summed E-state index contributed by atoms with van der Waals surface area (Å²) >= 11 is 23.9. The molecule has 1 aliphatic carbocycles. The van der Waals surface area contributed by atoms with Crippen LogP contribution in [0.25, 0.3) is 0 Å². The monoisotopic (exact) mass is 296 g/mol. The maximum Gasteiger partial charge on any atom is 0.136 e. The van der Waals surface area contributed by atoms with Crippen molar-refractivity contribution in [1.82, 2.24) is 0 Å². The predicted molar refractivity (Wildman–Crippen MR) is 67.8 cm³/mol. The fraction of sp³-hybridized carbons (Fsp3) is 0.364. The van der Waals surface area contributed by atoms with Crippen LogP contribution in [0.2, 0.25) is 10.0 Å². The number of hydrogen-bond donors (Lipinski definition) is 0. The largest absolute Gasteiger partial charge is 0.300 e. The van der Waals surface area contributed by atoms with Gasteiger partial charge < -0.3 is 0 Å². The highest BCUT2D eigenvalue weighted by Gasteiger charge is 2.66. The van der Waals surface area contributed by atoms with E-state index >= 15 is 0 Å². The highest BCUT2D eigenvalue weighted by atomic mass is 35.5. The maximum atomic E-state index is 11.3. The first-order valence-corrected chi connectivity index (χ1v) is 6.19. The van der Waals surface area contributed by atoms with Crippen LogP contribution in [0.15, 0.2) is 18.2 Å². The minimum absolute atomic E-state index is 0.0221. The number of carbonyl (C=O) groups is 1. The number of Topliss-reactive ketones (excluding diaryl/α,β-unsaturated/α-hetero) is 1. The van der Waals surface area contributed by atoms with Crippen LogP contribution < -0.4 is 0 Å². The first-order valence-electron chi connectivity index (χ1n) is 4.68. The third kappa shape index (κ3) is 2.06. The van der Waals surface area contributed by atoms with E-state index in [0.29, 0.717) is 10.0 Å². The number of halogens is 4. The molecule has 1 aliphatic rings. The molecule has 0 aromatic heterocycles. The summed E-state index contributed by atoms with van der Waals surface area (Å²) in [5.41, 5.74) is 0.808. The number of carbonyl (C=O) groups excluding carboxylic acids is 1. The summed E-state index contributed by atoms with van der Waals surface area (Å²) in [6, 6.07) is 5.10. The standard InChI is InChI=1S/C11H8Cl4O/c1-5(16)9-10(11(9,14)15)6-2-7(12)4-8(13)3-6/h2-4,9-10H,1H3/t9?,10-/m0/s1. The van der Waals surface area contributed by atoms with Gasteiger partial charge in [-0.1, -0.05) is 23.2 Å². The van der Waals surface area contributed by atoms with Crippen LogP contribution in [0.1, 0.15) is 18.4 Å². The lowest BCUT2D eigenvalue weighted by atomic mass is 10.1. The summed E-state index contributed by atoms with van der Waals surface area (Å²) in [5.74, 6) is -0.610. The van der Waals surface area contributed by atoms with E-state index in [9.17, 15) is 4.79 Å². The molecular formula is C11H8Cl4O. The van der Waals surface area contributed by atoms with Crippen molar-refractivity contribution >= 4 is 52.2 Å². The molecule has 0 heterocycles. The summed E-state index contributed by atoms with van der Waals surface area (Å²) in [4.78, 5) is 11.3. The van der Waals surface area contributed by atoms with Crippen LogP contribution in [0, 0.1) is 5.92 Å². The zero-order valence-electron chi connectivity index (χ0n) is 8.31. The van der Waals surface area contributed by atoms with Crippen molar-refractivity contribution in [3.63, 3.8) is 0 Å². The smallest absolute Gasteiger partial charge is 0.136 e. The Morgan fingerprint density at radius 3 is 2.06 bits per heavy atom. The second-order valence-corrected chi connectivity index (χ2v) is 6.26. The average molecular weight is 298 g/mol. The second-order valence-electron chi connectivity index (χ2n) is 3.94. The third-order valence-corrected chi connectivity index (χ3v) is 4.11. The Hall–Kier alpha value is 0.0500. The summed E-state index contributed by atoms with van der Waals surface area (Å²) in [6.07, 6.45) is 0. The normalized spacial score (nSPS) is 26.6. The number of benzene rings is 1. The minimum atomic E-state index is -1.03. The quantitative estimate of drug-likeness (QED) is 0.736. The van der Waals surface area contributed by atoms with E-state index in [2.05, 4.69) is 0 Å². The van der Waals surface area contributed by atoms with Crippen LogP contribution in [0.4, 0.5) is 0 Å². The van der Waals surface area contributed by atoms with Gasteiger partial charge in [0.05, 0.1) is 5.92 Å². The van der Waals surface area contributed by atoms with E-state index in [1.807, 2.05) is 0 Å². The summed E-state index contributed by atoms with van der Waals surface area (Å²) in [6.45, 7) is 1.48. The molecule has 1 aromatic carbocycles. The Bertz CT molecular complexity index is 435. The van der Waals surface area contributed by atoms with Crippen LogP contribution in [0.3, 0.4) is 0 Å². The van der Waals surface area contributed by atoms with Gasteiger partial charge in [0.1, 0.15) is 10.1 Å². The van der Waals surface area contributed by atoms with Gasteiger partial charge in [-0.15, -0.1) is 23.2 Å². The van der Waals surface area contributed by atoms with Gasteiger partial charge in [0.15, 0.2) is 0 Å². The van der Waals surface area contributed by atoms with E-state index in [0.717, 1.165) is 5.56 Å². The molecule has 86 valence electrons. The number of hydrogen-bond acceptors (Lipinski definition) is 1. The first-order chi connectivity index (χ1) is 7.34. The highest BCUT2D eigenvalue weighted by Crippen LogP contribution is 2.65. The zero-order valence-corrected chi connectivity index (χ0v) is 11.3. The molecule has 1 unspecified atom stereocenters. The SMILES string of the molecule is CC(=O)C1[C@H](c2cc(Cl)cc(Cl)c2)C1(Cl)Cl. The van der Waals surface area contributed by atoms with Gasteiger partial charge in [-0.05, 0) is 30.7 Å². The molecule has 1 saturated carbocycles. The Kier molecular flexibility index (Phi) is 3.17. The Balaban J connectivity index is 2.37.